The molecule has 0 bridgehead atoms. The van der Waals surface area contributed by atoms with E-state index >= 15 is 0 Å². The van der Waals surface area contributed by atoms with Crippen LogP contribution in [0.5, 0.6) is 0 Å². The van der Waals surface area contributed by atoms with Gasteiger partial charge in [0, 0.05) is 55.2 Å². The fourth-order valence-electron chi connectivity index (χ4n) is 3.36. The highest BCUT2D eigenvalue weighted by Crippen LogP contribution is 2.35. The van der Waals surface area contributed by atoms with E-state index in [1.165, 1.54) is 19.3 Å². The van der Waals surface area contributed by atoms with E-state index < -0.39 is 0 Å². The molecule has 2 aromatic heterocycles. The van der Waals surface area contributed by atoms with Crippen molar-refractivity contribution in [2.45, 2.75) is 24.8 Å². The second-order valence-corrected chi connectivity index (χ2v) is 7.34. The van der Waals surface area contributed by atoms with Crippen LogP contribution in [0, 0.1) is 0 Å². The summed E-state index contributed by atoms with van der Waals surface area (Å²) in [5.41, 5.74) is 1.35. The van der Waals surface area contributed by atoms with Crippen molar-refractivity contribution in [1.29, 1.82) is 0 Å². The number of hydrogen-bond donors (Lipinski definition) is 1. The molecule has 0 aliphatic carbocycles. The summed E-state index contributed by atoms with van der Waals surface area (Å²) in [4.78, 5) is 11.4. The van der Waals surface area contributed by atoms with Gasteiger partial charge in [-0.25, -0.2) is 9.97 Å². The maximum atomic E-state index is 4.56. The average molecular weight is 401 g/mol. The second-order valence-electron chi connectivity index (χ2n) is 5.63. The Morgan fingerprint density at radius 2 is 2.25 bits per heavy atom. The number of anilines is 1. The molecule has 0 amide bonds. The van der Waals surface area contributed by atoms with Gasteiger partial charge in [-0.05, 0) is 31.9 Å². The first-order valence-corrected chi connectivity index (χ1v) is 10.2. The summed E-state index contributed by atoms with van der Waals surface area (Å²) in [5.74, 6) is 1.09. The van der Waals surface area contributed by atoms with Crippen LogP contribution in [0.3, 0.4) is 0 Å². The zero-order valence-electron chi connectivity index (χ0n) is 11.0. The first-order valence-electron chi connectivity index (χ1n) is 6.92. The number of nitrogens with one attached hydrogen (secondary N) is 1. The fourth-order valence-corrected chi connectivity index (χ4v) is 4.63. The Balaban J connectivity index is 1.72. The number of halogens is 1. The highest BCUT2D eigenvalue weighted by molar-refractivity contribution is 14.2. The molecule has 4 heterocycles. The quantitative estimate of drug-likeness (QED) is 0.785. The molecule has 1 spiro atoms. The van der Waals surface area contributed by atoms with Crippen molar-refractivity contribution in [3.63, 3.8) is 0 Å². The van der Waals surface area contributed by atoms with Crippen molar-refractivity contribution in [3.05, 3.63) is 18.6 Å². The minimum Gasteiger partial charge on any atom is -0.354 e. The van der Waals surface area contributed by atoms with Gasteiger partial charge in [-0.2, -0.15) is 0 Å². The Labute approximate surface area is 134 Å². The monoisotopic (exact) mass is 401 g/mol. The minimum atomic E-state index is 0.343. The SMILES string of the molecule is ISn1ccc2c(N3CCCC4(CCN4)C3)ncnc21. The first kappa shape index (κ1) is 13.1. The molecule has 2 fully saturated rings. The van der Waals surface area contributed by atoms with Gasteiger partial charge in [0.1, 0.15) is 12.1 Å². The molecule has 106 valence electrons. The van der Waals surface area contributed by atoms with Crippen LogP contribution >= 0.6 is 30.3 Å². The first-order chi connectivity index (χ1) is 9.81. The Morgan fingerprint density at radius 1 is 1.35 bits per heavy atom. The van der Waals surface area contributed by atoms with Crippen LogP contribution in [0.25, 0.3) is 11.0 Å². The number of hydrogen-bond acceptors (Lipinski definition) is 5. The number of aromatic nitrogens is 3. The van der Waals surface area contributed by atoms with Crippen molar-refractivity contribution in [2.24, 2.45) is 0 Å². The summed E-state index contributed by atoms with van der Waals surface area (Å²) in [5, 5.41) is 4.79. The Morgan fingerprint density at radius 3 is 3.00 bits per heavy atom. The lowest BCUT2D eigenvalue weighted by molar-refractivity contribution is 0.174. The number of rotatable bonds is 2. The molecule has 7 heteroatoms. The van der Waals surface area contributed by atoms with Gasteiger partial charge < -0.3 is 10.2 Å². The highest BCUT2D eigenvalue weighted by atomic mass is 127. The summed E-state index contributed by atoms with van der Waals surface area (Å²) in [6, 6.07) is 2.13. The fraction of sp³-hybridized carbons (Fsp3) is 0.538. The lowest BCUT2D eigenvalue weighted by Gasteiger charge is -2.50. The van der Waals surface area contributed by atoms with E-state index in [0.717, 1.165) is 36.5 Å². The summed E-state index contributed by atoms with van der Waals surface area (Å²) in [6.07, 6.45) is 7.59. The lowest BCUT2D eigenvalue weighted by Crippen LogP contribution is -2.65. The average Bonchev–Trinajstić information content (AvgIpc) is 2.88. The predicted octanol–water partition coefficient (Wildman–Crippen LogP) is 2.61. The Kier molecular flexibility index (Phi) is 3.30. The van der Waals surface area contributed by atoms with Gasteiger partial charge >= 0.3 is 0 Å². The maximum absolute atomic E-state index is 4.56. The van der Waals surface area contributed by atoms with Crippen LogP contribution in [0.1, 0.15) is 19.3 Å². The van der Waals surface area contributed by atoms with Crippen LogP contribution in [0.4, 0.5) is 5.82 Å². The van der Waals surface area contributed by atoms with Gasteiger partial charge in [0.05, 0.1) is 5.39 Å². The van der Waals surface area contributed by atoms with Crippen molar-refractivity contribution in [3.8, 4) is 0 Å². The van der Waals surface area contributed by atoms with Crippen molar-refractivity contribution in [1.82, 2.24) is 19.3 Å². The second kappa shape index (κ2) is 5.03. The third-order valence-electron chi connectivity index (χ3n) is 4.48. The van der Waals surface area contributed by atoms with Crippen molar-refractivity contribution >= 4 is 47.2 Å². The van der Waals surface area contributed by atoms with Crippen molar-refractivity contribution in [2.75, 3.05) is 24.5 Å². The molecular weight excluding hydrogens is 385 g/mol. The largest absolute Gasteiger partial charge is 0.354 e. The Hall–Kier alpha value is -0.540. The predicted molar refractivity (Wildman–Crippen MR) is 91.3 cm³/mol. The third-order valence-corrected chi connectivity index (χ3v) is 6.20. The van der Waals surface area contributed by atoms with Gasteiger partial charge in [-0.1, -0.05) is 0 Å². The van der Waals surface area contributed by atoms with Crippen LogP contribution in [-0.4, -0.2) is 39.1 Å². The molecule has 2 aromatic rings. The molecule has 2 aliphatic heterocycles. The molecule has 5 nitrogen and oxygen atoms in total. The molecule has 20 heavy (non-hydrogen) atoms. The summed E-state index contributed by atoms with van der Waals surface area (Å²) < 4.78 is 2.09. The molecule has 4 rings (SSSR count). The van der Waals surface area contributed by atoms with Crippen LogP contribution < -0.4 is 10.2 Å². The van der Waals surface area contributed by atoms with E-state index in [-0.39, 0.29) is 0 Å². The van der Waals surface area contributed by atoms with Gasteiger partial charge in [0.25, 0.3) is 0 Å². The summed E-state index contributed by atoms with van der Waals surface area (Å²) in [6.45, 7) is 3.33. The van der Waals surface area contributed by atoms with E-state index in [0.29, 0.717) is 5.54 Å². The summed E-state index contributed by atoms with van der Waals surface area (Å²) >= 11 is 2.28. The van der Waals surface area contributed by atoms with E-state index in [2.05, 4.69) is 57.6 Å². The van der Waals surface area contributed by atoms with E-state index in [4.69, 9.17) is 0 Å². The zero-order valence-corrected chi connectivity index (χ0v) is 14.0. The number of fused-ring (bicyclic) bond motifs is 1. The van der Waals surface area contributed by atoms with Crippen LogP contribution in [0.2, 0.25) is 0 Å². The van der Waals surface area contributed by atoms with E-state index in [1.54, 1.807) is 15.4 Å². The lowest BCUT2D eigenvalue weighted by atomic mass is 9.80. The van der Waals surface area contributed by atoms with Crippen molar-refractivity contribution < 1.29 is 0 Å². The standard InChI is InChI=1S/C13H16IN5S/c14-20-19-7-2-10-11(15-9-16-12(10)19)18-6-1-3-13(8-18)4-5-17-13/h2,7,9,17H,1,3-6,8H2. The summed E-state index contributed by atoms with van der Waals surface area (Å²) in [7, 11) is 1.64. The topological polar surface area (TPSA) is 46.0 Å². The highest BCUT2D eigenvalue weighted by Gasteiger charge is 2.40. The molecule has 2 aliphatic rings. The maximum Gasteiger partial charge on any atom is 0.156 e. The van der Waals surface area contributed by atoms with E-state index in [9.17, 15) is 0 Å². The molecular formula is C13H16IN5S. The molecule has 0 radical (unpaired) electrons. The third kappa shape index (κ3) is 2.01. The van der Waals surface area contributed by atoms with Gasteiger partial charge in [0.15, 0.2) is 5.65 Å². The molecule has 1 atom stereocenters. The van der Waals surface area contributed by atoms with Crippen LogP contribution in [0.15, 0.2) is 18.6 Å². The molecule has 1 N–H and O–H groups in total. The van der Waals surface area contributed by atoms with Gasteiger partial charge in [-0.15, -0.1) is 0 Å². The number of nitrogens with zero attached hydrogens (tertiary/aromatic N) is 4. The normalized spacial score (nSPS) is 26.1. The smallest absolute Gasteiger partial charge is 0.156 e. The van der Waals surface area contributed by atoms with Gasteiger partial charge in [-0.3, -0.25) is 3.97 Å². The zero-order chi connectivity index (χ0) is 13.6. The molecule has 2 saturated heterocycles. The molecule has 1 unspecified atom stereocenters. The van der Waals surface area contributed by atoms with E-state index in [1.807, 2.05) is 0 Å². The van der Waals surface area contributed by atoms with Crippen LogP contribution in [-0.2, 0) is 0 Å². The number of piperidine rings is 1. The molecule has 0 saturated carbocycles. The minimum absolute atomic E-state index is 0.343. The Bertz CT molecular complexity index is 639. The van der Waals surface area contributed by atoms with Gasteiger partial charge in [0.2, 0.25) is 0 Å². The molecule has 0 aromatic carbocycles.